The molecule has 0 saturated carbocycles. The van der Waals surface area contributed by atoms with Crippen LogP contribution in [0.15, 0.2) is 32.7 Å². The van der Waals surface area contributed by atoms with E-state index in [9.17, 15) is 0 Å². The van der Waals surface area contributed by atoms with Crippen molar-refractivity contribution in [2.24, 2.45) is 0 Å². The Labute approximate surface area is 207 Å². The Morgan fingerprint density at radius 3 is 1.50 bits per heavy atom. The Bertz CT molecular complexity index is 1030. The van der Waals surface area contributed by atoms with E-state index in [-0.39, 0.29) is 0 Å². The molecule has 3 nitrogen and oxygen atoms in total. The summed E-state index contributed by atoms with van der Waals surface area (Å²) in [5.74, 6) is 1.01. The number of benzene rings is 2. The third-order valence-electron chi connectivity index (χ3n) is 7.19. The van der Waals surface area contributed by atoms with Crippen LogP contribution < -0.4 is 4.52 Å². The minimum atomic E-state index is -1.49. The molecule has 2 unspecified atom stereocenters. The molecular formula is C30H45O3P. The van der Waals surface area contributed by atoms with Crippen molar-refractivity contribution in [3.8, 4) is 0 Å². The van der Waals surface area contributed by atoms with Crippen LogP contribution in [-0.4, -0.2) is 6.61 Å². The molecular weight excluding hydrogens is 439 g/mol. The normalized spacial score (nSPS) is 14.0. The second-order valence-corrected chi connectivity index (χ2v) is 10.8. The summed E-state index contributed by atoms with van der Waals surface area (Å²) >= 11 is 0. The first-order chi connectivity index (χ1) is 16.5. The van der Waals surface area contributed by atoms with Crippen LogP contribution in [0.25, 0.3) is 21.9 Å². The molecule has 2 aromatic carbocycles. The highest BCUT2D eigenvalue weighted by Crippen LogP contribution is 2.40. The predicted octanol–water partition coefficient (Wildman–Crippen LogP) is 10.5. The number of rotatable bonds is 12. The van der Waals surface area contributed by atoms with Crippen molar-refractivity contribution in [2.75, 3.05) is 6.61 Å². The Kier molecular flexibility index (Phi) is 10.2. The van der Waals surface area contributed by atoms with Crippen molar-refractivity contribution in [1.82, 2.24) is 0 Å². The van der Waals surface area contributed by atoms with Crippen molar-refractivity contribution in [3.05, 3.63) is 46.5 Å². The van der Waals surface area contributed by atoms with E-state index in [1.807, 2.05) is 6.92 Å². The first kappa shape index (κ1) is 26.9. The van der Waals surface area contributed by atoms with Crippen LogP contribution in [0.5, 0.6) is 0 Å². The second kappa shape index (κ2) is 12.8. The highest BCUT2D eigenvalue weighted by atomic mass is 31.1. The fraction of sp³-hybridized carbons (Fsp3) is 0.600. The third-order valence-corrected chi connectivity index (χ3v) is 8.33. The van der Waals surface area contributed by atoms with Crippen LogP contribution in [0.1, 0.15) is 121 Å². The van der Waals surface area contributed by atoms with Crippen molar-refractivity contribution < 1.29 is 12.9 Å². The summed E-state index contributed by atoms with van der Waals surface area (Å²) in [6.07, 6.45) is 8.89. The van der Waals surface area contributed by atoms with Gasteiger partial charge >= 0.3 is 8.24 Å². The molecule has 0 N–H and O–H groups in total. The van der Waals surface area contributed by atoms with Crippen molar-refractivity contribution in [1.29, 1.82) is 0 Å². The number of hydrogen-bond acceptors (Lipinski definition) is 3. The van der Waals surface area contributed by atoms with E-state index in [2.05, 4.69) is 65.8 Å². The fourth-order valence-corrected chi connectivity index (χ4v) is 5.60. The molecule has 0 amide bonds. The molecule has 1 heterocycles. The molecule has 188 valence electrons. The van der Waals surface area contributed by atoms with Gasteiger partial charge in [0.1, 0.15) is 11.2 Å². The molecule has 0 aliphatic carbocycles. The molecule has 0 aliphatic rings. The van der Waals surface area contributed by atoms with Crippen LogP contribution in [0, 0.1) is 0 Å². The van der Waals surface area contributed by atoms with Crippen molar-refractivity contribution >= 4 is 30.2 Å². The maximum Gasteiger partial charge on any atom is 0.387 e. The smallest absolute Gasteiger partial charge is 0.387 e. The summed E-state index contributed by atoms with van der Waals surface area (Å²) in [4.78, 5) is 0. The molecule has 2 atom stereocenters. The van der Waals surface area contributed by atoms with E-state index in [0.717, 1.165) is 62.5 Å². The zero-order valence-corrected chi connectivity index (χ0v) is 23.4. The Morgan fingerprint density at radius 2 is 1.15 bits per heavy atom. The van der Waals surface area contributed by atoms with Crippen LogP contribution in [0.2, 0.25) is 0 Å². The molecule has 3 rings (SSSR count). The van der Waals surface area contributed by atoms with Gasteiger partial charge in [0.05, 0.1) is 6.61 Å². The van der Waals surface area contributed by atoms with Crippen LogP contribution >= 0.6 is 8.24 Å². The van der Waals surface area contributed by atoms with E-state index in [0.29, 0.717) is 18.4 Å². The van der Waals surface area contributed by atoms with Gasteiger partial charge in [-0.15, -0.1) is 0 Å². The number of aryl methyl sites for hydroxylation is 2. The Morgan fingerprint density at radius 1 is 0.706 bits per heavy atom. The predicted molar refractivity (Wildman–Crippen MR) is 148 cm³/mol. The van der Waals surface area contributed by atoms with Gasteiger partial charge in [0.15, 0.2) is 0 Å². The highest BCUT2D eigenvalue weighted by Gasteiger charge is 2.18. The SMILES string of the molecule is CCCCc1cc(C(C)CC)cc2c1op(OCC)oc1c(CCCC)cc(C(C)CC)cc12. The molecule has 34 heavy (non-hydrogen) atoms. The average molecular weight is 485 g/mol. The van der Waals surface area contributed by atoms with Crippen molar-refractivity contribution in [2.45, 2.75) is 112 Å². The van der Waals surface area contributed by atoms with Gasteiger partial charge in [0, 0.05) is 10.8 Å². The lowest BCUT2D eigenvalue weighted by Crippen LogP contribution is -1.97. The standard InChI is InChI=1S/C30H45O3P/c1-8-13-15-23-17-25(21(6)10-3)19-27-28-20-26(22(7)11-4)18-24(16-14-9-2)30(28)33-34(31-12-5)32-29(23)27/h17-22H,8-16H2,1-7H3. The summed E-state index contributed by atoms with van der Waals surface area (Å²) in [6, 6.07) is 9.50. The lowest BCUT2D eigenvalue weighted by molar-refractivity contribution is 0.393. The number of unbranched alkanes of at least 4 members (excludes halogenated alkanes) is 2. The number of hydrogen-bond donors (Lipinski definition) is 0. The highest BCUT2D eigenvalue weighted by molar-refractivity contribution is 7.31. The minimum absolute atomic E-state index is 0.504. The maximum atomic E-state index is 6.58. The molecule has 4 heteroatoms. The third kappa shape index (κ3) is 6.10. The van der Waals surface area contributed by atoms with E-state index >= 15 is 0 Å². The summed E-state index contributed by atoms with van der Waals surface area (Å²) in [7, 11) is -1.49. The van der Waals surface area contributed by atoms with Crippen LogP contribution in [0.3, 0.4) is 0 Å². The monoisotopic (exact) mass is 484 g/mol. The van der Waals surface area contributed by atoms with Gasteiger partial charge in [-0.25, -0.2) is 0 Å². The maximum absolute atomic E-state index is 6.58. The molecule has 0 radical (unpaired) electrons. The zero-order chi connectivity index (χ0) is 24.7. The summed E-state index contributed by atoms with van der Waals surface area (Å²) in [5, 5.41) is 2.37. The second-order valence-electron chi connectivity index (χ2n) is 9.76. The fourth-order valence-electron chi connectivity index (χ4n) is 4.52. The van der Waals surface area contributed by atoms with E-state index in [1.54, 1.807) is 0 Å². The first-order valence-corrected chi connectivity index (χ1v) is 14.7. The van der Waals surface area contributed by atoms with E-state index < -0.39 is 8.24 Å². The molecule has 0 aliphatic heterocycles. The number of fused-ring (bicyclic) bond motifs is 3. The van der Waals surface area contributed by atoms with Gasteiger partial charge in [-0.1, -0.05) is 66.5 Å². The lowest BCUT2D eigenvalue weighted by atomic mass is 9.90. The average Bonchev–Trinajstić information content (AvgIpc) is 3.01. The Hall–Kier alpha value is -1.70. The van der Waals surface area contributed by atoms with Gasteiger partial charge in [-0.3, -0.25) is 4.52 Å². The van der Waals surface area contributed by atoms with Gasteiger partial charge in [-0.2, -0.15) is 0 Å². The molecule has 0 fully saturated rings. The lowest BCUT2D eigenvalue weighted by Gasteiger charge is -2.15. The van der Waals surface area contributed by atoms with Crippen molar-refractivity contribution in [3.63, 3.8) is 0 Å². The summed E-state index contributed by atoms with van der Waals surface area (Å²) in [6.45, 7) is 16.3. The minimum Gasteiger partial charge on any atom is -0.399 e. The first-order valence-electron chi connectivity index (χ1n) is 13.6. The van der Waals surface area contributed by atoms with E-state index in [4.69, 9.17) is 12.9 Å². The molecule has 0 bridgehead atoms. The van der Waals surface area contributed by atoms with Gasteiger partial charge in [-0.05, 0) is 91.7 Å². The van der Waals surface area contributed by atoms with Gasteiger partial charge in [0.25, 0.3) is 0 Å². The zero-order valence-electron chi connectivity index (χ0n) is 22.5. The van der Waals surface area contributed by atoms with Gasteiger partial charge < -0.3 is 8.39 Å². The molecule has 3 aromatic rings. The van der Waals surface area contributed by atoms with Crippen LogP contribution in [-0.2, 0) is 12.8 Å². The van der Waals surface area contributed by atoms with Crippen LogP contribution in [0.4, 0.5) is 0 Å². The largest absolute Gasteiger partial charge is 0.399 e. The molecule has 0 spiro atoms. The molecule has 1 aromatic heterocycles. The summed E-state index contributed by atoms with van der Waals surface area (Å²) < 4.78 is 19.2. The van der Waals surface area contributed by atoms with Gasteiger partial charge in [0.2, 0.25) is 0 Å². The van der Waals surface area contributed by atoms with E-state index in [1.165, 1.54) is 33.0 Å². The quantitative estimate of drug-likeness (QED) is 0.256. The molecule has 0 saturated heterocycles. The summed E-state index contributed by atoms with van der Waals surface area (Å²) in [5.41, 5.74) is 7.33. The Balaban J connectivity index is 2.50. The topological polar surface area (TPSA) is 35.5 Å².